The average molecular weight is 737 g/mol. The number of rotatable bonds is 37. The van der Waals surface area contributed by atoms with Gasteiger partial charge >= 0.3 is 0 Å². The van der Waals surface area contributed by atoms with Crippen molar-refractivity contribution in [1.82, 2.24) is 10.6 Å². The van der Waals surface area contributed by atoms with Crippen LogP contribution in [0.25, 0.3) is 0 Å². The molecule has 0 aromatic heterocycles. The molecule has 0 rings (SSSR count). The predicted molar refractivity (Wildman–Crippen MR) is 219 cm³/mol. The summed E-state index contributed by atoms with van der Waals surface area (Å²) in [7, 11) is 3.02. The molecule has 0 aliphatic rings. The lowest BCUT2D eigenvalue weighted by Gasteiger charge is -2.05. The molecule has 0 saturated carbocycles. The van der Waals surface area contributed by atoms with Crippen molar-refractivity contribution in [1.29, 1.82) is 0 Å². The molecule has 50 heavy (non-hydrogen) atoms. The number of allylic oxidation sites excluding steroid dienone is 4. The lowest BCUT2D eigenvalue weighted by molar-refractivity contribution is -0.131. The lowest BCUT2D eigenvalue weighted by Crippen LogP contribution is -2.30. The van der Waals surface area contributed by atoms with E-state index in [1.807, 2.05) is 0 Å². The van der Waals surface area contributed by atoms with Crippen LogP contribution in [0.2, 0.25) is 0 Å². The summed E-state index contributed by atoms with van der Waals surface area (Å²) < 4.78 is 0. The summed E-state index contributed by atoms with van der Waals surface area (Å²) in [5, 5.41) is 4.99. The quantitative estimate of drug-likeness (QED) is 0.0375. The molecule has 0 atom stereocenters. The molecule has 8 heteroatoms. The smallest absolute Gasteiger partial charge is 0.227 e. The van der Waals surface area contributed by atoms with Gasteiger partial charge in [0.1, 0.15) is 0 Å². The Morgan fingerprint density at radius 3 is 0.940 bits per heavy atom. The fraction of sp³-hybridized carbons (Fsp3) is 0.810. The molecule has 0 aliphatic heterocycles. The number of unbranched alkanes of at least 4 members (excludes halogenated alkanes) is 22. The summed E-state index contributed by atoms with van der Waals surface area (Å²) in [4.78, 5) is 48.2. The largest absolute Gasteiger partial charge is 0.296 e. The summed E-state index contributed by atoms with van der Waals surface area (Å²) in [6, 6.07) is 0. The monoisotopic (exact) mass is 737 g/mol. The van der Waals surface area contributed by atoms with Crippen LogP contribution in [-0.2, 0) is 19.2 Å². The summed E-state index contributed by atoms with van der Waals surface area (Å²) in [6.07, 6.45) is 42.3. The van der Waals surface area contributed by atoms with Gasteiger partial charge in [0.25, 0.3) is 0 Å². The fourth-order valence-corrected chi connectivity index (χ4v) is 7.64. The van der Waals surface area contributed by atoms with Crippen LogP contribution in [0.5, 0.6) is 0 Å². The summed E-state index contributed by atoms with van der Waals surface area (Å²) >= 11 is 0. The van der Waals surface area contributed by atoms with E-state index in [4.69, 9.17) is 0 Å². The first-order valence-electron chi connectivity index (χ1n) is 20.7. The highest BCUT2D eigenvalue weighted by Gasteiger charge is 2.10. The molecule has 6 nitrogen and oxygen atoms in total. The third kappa shape index (κ3) is 39.2. The Kier molecular flexibility index (Phi) is 39.0. The molecule has 0 aromatic rings. The van der Waals surface area contributed by atoms with Crippen LogP contribution < -0.4 is 10.6 Å². The average Bonchev–Trinajstić information content (AvgIpc) is 3.09. The standard InChI is InChI=1S/C42H76N2O4S2/c1-3-5-7-9-11-13-15-17-19-21-23-25-27-29-31-33-39(45)43-41(47)35-37-49-50-38-36-42(48)44-40(46)34-32-30-28-26-24-22-20-18-16-14-12-10-8-6-4-2/h17-20H,3-16,21-38H2,1-2H3,(H,43,45,47)(H,44,46,48)/b19-17-,20-18-. The van der Waals surface area contributed by atoms with E-state index in [1.165, 1.54) is 137 Å². The van der Waals surface area contributed by atoms with Gasteiger partial charge < -0.3 is 0 Å². The molecular formula is C42H76N2O4S2. The SMILES string of the molecule is CCCCCCCC/C=C\CCCCCCCC(=O)NC(=O)CCSSCCC(=O)NC(=O)CCCCCCC/C=C\CCCCCCCC. The van der Waals surface area contributed by atoms with Gasteiger partial charge in [-0.1, -0.05) is 162 Å². The maximum Gasteiger partial charge on any atom is 0.227 e. The van der Waals surface area contributed by atoms with Crippen LogP contribution in [-0.4, -0.2) is 35.1 Å². The van der Waals surface area contributed by atoms with Crippen molar-refractivity contribution in [2.24, 2.45) is 0 Å². The van der Waals surface area contributed by atoms with E-state index in [2.05, 4.69) is 48.8 Å². The van der Waals surface area contributed by atoms with Gasteiger partial charge in [-0.2, -0.15) is 0 Å². The molecule has 0 unspecified atom stereocenters. The van der Waals surface area contributed by atoms with Gasteiger partial charge in [-0.05, 0) is 64.2 Å². The minimum Gasteiger partial charge on any atom is -0.296 e. The molecule has 0 aromatic carbocycles. The van der Waals surface area contributed by atoms with E-state index >= 15 is 0 Å². The highest BCUT2D eigenvalue weighted by molar-refractivity contribution is 8.76. The molecule has 0 radical (unpaired) electrons. The van der Waals surface area contributed by atoms with Gasteiger partial charge in [0.2, 0.25) is 23.6 Å². The third-order valence-corrected chi connectivity index (χ3v) is 11.2. The van der Waals surface area contributed by atoms with Crippen LogP contribution in [0.1, 0.15) is 206 Å². The zero-order valence-corrected chi connectivity index (χ0v) is 34.0. The number of carbonyl (C=O) groups excluding carboxylic acids is 4. The molecule has 0 spiro atoms. The Morgan fingerprint density at radius 2 is 0.620 bits per heavy atom. The summed E-state index contributed by atoms with van der Waals surface area (Å²) in [5.74, 6) is 0.298. The predicted octanol–water partition coefficient (Wildman–Crippen LogP) is 12.5. The first kappa shape index (κ1) is 48.5. The van der Waals surface area contributed by atoms with Crippen molar-refractivity contribution in [2.45, 2.75) is 206 Å². The number of imide groups is 2. The summed E-state index contributed by atoms with van der Waals surface area (Å²) in [5.41, 5.74) is 0. The zero-order valence-electron chi connectivity index (χ0n) is 32.4. The highest BCUT2D eigenvalue weighted by atomic mass is 33.1. The van der Waals surface area contributed by atoms with Crippen molar-refractivity contribution >= 4 is 45.2 Å². The van der Waals surface area contributed by atoms with Gasteiger partial charge in [-0.25, -0.2) is 0 Å². The molecule has 0 aliphatic carbocycles. The molecule has 0 heterocycles. The Hall–Kier alpha value is -1.54. The van der Waals surface area contributed by atoms with Crippen molar-refractivity contribution in [3.63, 3.8) is 0 Å². The molecule has 0 bridgehead atoms. The second-order valence-corrected chi connectivity index (χ2v) is 16.5. The van der Waals surface area contributed by atoms with Crippen LogP contribution in [0, 0.1) is 0 Å². The highest BCUT2D eigenvalue weighted by Crippen LogP contribution is 2.22. The second-order valence-electron chi connectivity index (χ2n) is 13.8. The molecule has 4 amide bonds. The molecular weight excluding hydrogens is 661 g/mol. The van der Waals surface area contributed by atoms with Crippen molar-refractivity contribution < 1.29 is 19.2 Å². The number of nitrogens with one attached hydrogen (secondary N) is 2. The van der Waals surface area contributed by atoms with Crippen LogP contribution in [0.15, 0.2) is 24.3 Å². The number of hydrogen-bond donors (Lipinski definition) is 2. The van der Waals surface area contributed by atoms with Gasteiger partial charge in [-0.15, -0.1) is 0 Å². The van der Waals surface area contributed by atoms with Crippen molar-refractivity contribution in [2.75, 3.05) is 11.5 Å². The molecule has 2 N–H and O–H groups in total. The van der Waals surface area contributed by atoms with E-state index in [1.54, 1.807) is 0 Å². The lowest BCUT2D eigenvalue weighted by atomic mass is 10.1. The molecule has 0 fully saturated rings. The molecule has 0 saturated heterocycles. The third-order valence-electron chi connectivity index (χ3n) is 8.80. The van der Waals surface area contributed by atoms with Crippen LogP contribution >= 0.6 is 21.6 Å². The summed E-state index contributed by atoms with van der Waals surface area (Å²) in [6.45, 7) is 4.51. The van der Waals surface area contributed by atoms with E-state index in [-0.39, 0.29) is 36.5 Å². The first-order valence-corrected chi connectivity index (χ1v) is 23.2. The minimum atomic E-state index is -0.241. The van der Waals surface area contributed by atoms with Gasteiger partial charge in [0.15, 0.2) is 0 Å². The van der Waals surface area contributed by atoms with Gasteiger partial charge in [-0.3, -0.25) is 29.8 Å². The topological polar surface area (TPSA) is 92.3 Å². The maximum atomic E-state index is 12.1. The van der Waals surface area contributed by atoms with Gasteiger partial charge in [0, 0.05) is 37.2 Å². The van der Waals surface area contributed by atoms with E-state index < -0.39 is 0 Å². The number of amides is 4. The zero-order chi connectivity index (χ0) is 36.6. The second kappa shape index (κ2) is 40.2. The number of carbonyl (C=O) groups is 4. The minimum absolute atomic E-state index is 0.187. The number of hydrogen-bond acceptors (Lipinski definition) is 6. The van der Waals surface area contributed by atoms with Crippen molar-refractivity contribution in [3.8, 4) is 0 Å². The van der Waals surface area contributed by atoms with Crippen molar-refractivity contribution in [3.05, 3.63) is 24.3 Å². The van der Waals surface area contributed by atoms with E-state index in [0.717, 1.165) is 51.4 Å². The Labute approximate surface area is 316 Å². The van der Waals surface area contributed by atoms with E-state index in [9.17, 15) is 19.2 Å². The Bertz CT molecular complexity index is 808. The van der Waals surface area contributed by atoms with Crippen LogP contribution in [0.3, 0.4) is 0 Å². The Morgan fingerprint density at radius 1 is 0.360 bits per heavy atom. The first-order chi connectivity index (χ1) is 24.5. The van der Waals surface area contributed by atoms with Crippen LogP contribution in [0.4, 0.5) is 0 Å². The fourth-order valence-electron chi connectivity index (χ4n) is 5.66. The maximum absolute atomic E-state index is 12.1. The Balaban J connectivity index is 3.51. The normalized spacial score (nSPS) is 11.5. The molecule has 290 valence electrons. The van der Waals surface area contributed by atoms with Gasteiger partial charge in [0.05, 0.1) is 0 Å². The van der Waals surface area contributed by atoms with E-state index in [0.29, 0.717) is 24.3 Å².